The zero-order valence-electron chi connectivity index (χ0n) is 15.5. The fourth-order valence-electron chi connectivity index (χ4n) is 2.78. The molecule has 3 aromatic rings. The number of anilines is 1. The normalized spacial score (nSPS) is 10.8. The van der Waals surface area contributed by atoms with E-state index in [1.165, 1.54) is 11.8 Å². The van der Waals surface area contributed by atoms with Crippen molar-refractivity contribution in [1.82, 2.24) is 14.8 Å². The molecule has 5 nitrogen and oxygen atoms in total. The molecule has 1 amide bonds. The van der Waals surface area contributed by atoms with Crippen molar-refractivity contribution in [3.05, 3.63) is 64.9 Å². The number of rotatable bonds is 6. The summed E-state index contributed by atoms with van der Waals surface area (Å²) in [4.78, 5) is 14.6. The third-order valence-electron chi connectivity index (χ3n) is 4.30. The number of aryl methyl sites for hydroxylation is 2. The lowest BCUT2D eigenvalue weighted by Crippen LogP contribution is -2.32. The molecule has 0 aliphatic carbocycles. The maximum atomic E-state index is 12.8. The third kappa shape index (κ3) is 4.34. The zero-order valence-corrected chi connectivity index (χ0v) is 17.1. The van der Waals surface area contributed by atoms with Crippen molar-refractivity contribution in [3.8, 4) is 5.69 Å². The maximum Gasteiger partial charge on any atom is 0.237 e. The van der Waals surface area contributed by atoms with Gasteiger partial charge in [0.2, 0.25) is 5.91 Å². The van der Waals surface area contributed by atoms with Gasteiger partial charge in [-0.05, 0) is 50.1 Å². The van der Waals surface area contributed by atoms with Crippen LogP contribution >= 0.6 is 23.4 Å². The molecule has 0 atom stereocenters. The molecule has 0 aliphatic heterocycles. The first kappa shape index (κ1) is 19.5. The van der Waals surface area contributed by atoms with Crippen LogP contribution < -0.4 is 4.90 Å². The van der Waals surface area contributed by atoms with E-state index in [4.69, 9.17) is 11.6 Å². The summed E-state index contributed by atoms with van der Waals surface area (Å²) in [5, 5.41) is 9.49. The van der Waals surface area contributed by atoms with Gasteiger partial charge in [-0.3, -0.25) is 9.36 Å². The summed E-state index contributed by atoms with van der Waals surface area (Å²) in [6.45, 7) is 6.56. The van der Waals surface area contributed by atoms with Crippen LogP contribution in [-0.2, 0) is 4.79 Å². The van der Waals surface area contributed by atoms with Gasteiger partial charge in [0.1, 0.15) is 6.33 Å². The molecule has 7 heteroatoms. The van der Waals surface area contributed by atoms with Crippen molar-refractivity contribution < 1.29 is 4.79 Å². The summed E-state index contributed by atoms with van der Waals surface area (Å²) in [5.74, 6) is 0.314. The van der Waals surface area contributed by atoms with Crippen LogP contribution in [0.5, 0.6) is 0 Å². The maximum absolute atomic E-state index is 12.8. The van der Waals surface area contributed by atoms with Gasteiger partial charge in [-0.1, -0.05) is 47.6 Å². The number of nitrogens with zero attached hydrogens (tertiary/aromatic N) is 4. The molecule has 27 heavy (non-hydrogen) atoms. The second kappa shape index (κ2) is 8.59. The quantitative estimate of drug-likeness (QED) is 0.563. The summed E-state index contributed by atoms with van der Waals surface area (Å²) in [6.07, 6.45) is 1.63. The highest BCUT2D eigenvalue weighted by Crippen LogP contribution is 2.25. The summed E-state index contributed by atoms with van der Waals surface area (Å²) in [6, 6.07) is 13.7. The van der Waals surface area contributed by atoms with Crippen LogP contribution in [0.2, 0.25) is 5.02 Å². The van der Waals surface area contributed by atoms with Gasteiger partial charge >= 0.3 is 0 Å². The fourth-order valence-corrected chi connectivity index (χ4v) is 3.76. The number of carbonyl (C=O) groups is 1. The smallest absolute Gasteiger partial charge is 0.237 e. The molecule has 0 saturated carbocycles. The highest BCUT2D eigenvalue weighted by Gasteiger charge is 2.17. The van der Waals surface area contributed by atoms with Gasteiger partial charge in [-0.2, -0.15) is 0 Å². The molecular weight excluding hydrogens is 380 g/mol. The van der Waals surface area contributed by atoms with E-state index in [1.54, 1.807) is 11.2 Å². The van der Waals surface area contributed by atoms with Crippen LogP contribution in [0.3, 0.4) is 0 Å². The number of aromatic nitrogens is 3. The highest BCUT2D eigenvalue weighted by molar-refractivity contribution is 7.99. The molecular formula is C20H21ClN4OS. The minimum Gasteiger partial charge on any atom is -0.312 e. The lowest BCUT2D eigenvalue weighted by molar-refractivity contribution is -0.116. The molecule has 1 aromatic heterocycles. The molecule has 0 radical (unpaired) electrons. The van der Waals surface area contributed by atoms with E-state index in [0.717, 1.165) is 22.5 Å². The van der Waals surface area contributed by atoms with E-state index in [2.05, 4.69) is 10.2 Å². The average Bonchev–Trinajstić information content (AvgIpc) is 3.13. The van der Waals surface area contributed by atoms with E-state index < -0.39 is 0 Å². The Labute approximate surface area is 168 Å². The molecule has 0 spiro atoms. The van der Waals surface area contributed by atoms with Crippen molar-refractivity contribution >= 4 is 35.0 Å². The second-order valence-corrected chi connectivity index (χ2v) is 7.48. The van der Waals surface area contributed by atoms with Crippen LogP contribution in [-0.4, -0.2) is 33.0 Å². The number of amides is 1. The van der Waals surface area contributed by atoms with Gasteiger partial charge < -0.3 is 4.90 Å². The number of hydrogen-bond donors (Lipinski definition) is 0. The molecule has 0 aliphatic rings. The Balaban J connectivity index is 1.75. The molecule has 2 aromatic carbocycles. The summed E-state index contributed by atoms with van der Waals surface area (Å²) < 4.78 is 1.84. The van der Waals surface area contributed by atoms with Crippen molar-refractivity contribution in [3.63, 3.8) is 0 Å². The first-order valence-corrected chi connectivity index (χ1v) is 10.0. The number of para-hydroxylation sites is 1. The van der Waals surface area contributed by atoms with Crippen molar-refractivity contribution in [2.75, 3.05) is 17.2 Å². The lowest BCUT2D eigenvalue weighted by Gasteiger charge is -2.22. The first-order valence-electron chi connectivity index (χ1n) is 8.66. The standard InChI is InChI=1S/C20H21ClN4OS/c1-4-24(18-8-6-5-7-15(18)3)19(26)12-27-20-23-22-13-25(20)16-10-9-14(2)17(21)11-16/h5-11,13H,4,12H2,1-3H3. The average molecular weight is 401 g/mol. The summed E-state index contributed by atoms with van der Waals surface area (Å²) >= 11 is 7.60. The molecule has 0 N–H and O–H groups in total. The van der Waals surface area contributed by atoms with Gasteiger partial charge in [-0.25, -0.2) is 0 Å². The zero-order chi connectivity index (χ0) is 19.4. The second-order valence-electron chi connectivity index (χ2n) is 6.13. The van der Waals surface area contributed by atoms with E-state index in [-0.39, 0.29) is 11.7 Å². The molecule has 0 bridgehead atoms. The Hall–Kier alpha value is -2.31. The number of halogens is 1. The third-order valence-corrected chi connectivity index (χ3v) is 5.63. The van der Waals surface area contributed by atoms with E-state index in [0.29, 0.717) is 16.7 Å². The highest BCUT2D eigenvalue weighted by atomic mass is 35.5. The lowest BCUT2D eigenvalue weighted by atomic mass is 10.2. The van der Waals surface area contributed by atoms with Crippen LogP contribution in [0.25, 0.3) is 5.69 Å². The van der Waals surface area contributed by atoms with E-state index in [9.17, 15) is 4.79 Å². The van der Waals surface area contributed by atoms with Crippen molar-refractivity contribution in [2.24, 2.45) is 0 Å². The SMILES string of the molecule is CCN(C(=O)CSc1nncn1-c1ccc(C)c(Cl)c1)c1ccccc1C. The molecule has 140 valence electrons. The minimum absolute atomic E-state index is 0.0355. The number of benzene rings is 2. The molecule has 0 unspecified atom stereocenters. The fraction of sp³-hybridized carbons (Fsp3) is 0.250. The van der Waals surface area contributed by atoms with Crippen LogP contribution in [0.4, 0.5) is 5.69 Å². The van der Waals surface area contributed by atoms with Crippen LogP contribution in [0, 0.1) is 13.8 Å². The minimum atomic E-state index is 0.0355. The summed E-state index contributed by atoms with van der Waals surface area (Å²) in [5.41, 5.74) is 3.90. The Morgan fingerprint density at radius 3 is 2.67 bits per heavy atom. The van der Waals surface area contributed by atoms with Gasteiger partial charge in [0.25, 0.3) is 0 Å². The number of thioether (sulfide) groups is 1. The van der Waals surface area contributed by atoms with E-state index in [1.807, 2.05) is 67.8 Å². The Bertz CT molecular complexity index is 957. The molecule has 0 fully saturated rings. The first-order chi connectivity index (χ1) is 13.0. The molecule has 1 heterocycles. The monoisotopic (exact) mass is 400 g/mol. The largest absolute Gasteiger partial charge is 0.312 e. The van der Waals surface area contributed by atoms with Crippen molar-refractivity contribution in [2.45, 2.75) is 25.9 Å². The Morgan fingerprint density at radius 1 is 1.19 bits per heavy atom. The van der Waals surface area contributed by atoms with Gasteiger partial charge in [0, 0.05) is 17.3 Å². The van der Waals surface area contributed by atoms with Crippen LogP contribution in [0.1, 0.15) is 18.1 Å². The van der Waals surface area contributed by atoms with Gasteiger partial charge in [0.15, 0.2) is 5.16 Å². The van der Waals surface area contributed by atoms with E-state index >= 15 is 0 Å². The topological polar surface area (TPSA) is 51.0 Å². The number of hydrogen-bond acceptors (Lipinski definition) is 4. The number of carbonyl (C=O) groups excluding carboxylic acids is 1. The predicted octanol–water partition coefficient (Wildman–Crippen LogP) is 4.68. The summed E-state index contributed by atoms with van der Waals surface area (Å²) in [7, 11) is 0. The predicted molar refractivity (Wildman–Crippen MR) is 111 cm³/mol. The Morgan fingerprint density at radius 2 is 1.96 bits per heavy atom. The Kier molecular flexibility index (Phi) is 6.19. The van der Waals surface area contributed by atoms with Gasteiger partial charge in [-0.15, -0.1) is 10.2 Å². The van der Waals surface area contributed by atoms with Gasteiger partial charge in [0.05, 0.1) is 11.4 Å². The molecule has 3 rings (SSSR count). The van der Waals surface area contributed by atoms with Crippen LogP contribution in [0.15, 0.2) is 53.9 Å². The molecule has 0 saturated heterocycles. The van der Waals surface area contributed by atoms with Crippen molar-refractivity contribution in [1.29, 1.82) is 0 Å².